The van der Waals surface area contributed by atoms with Gasteiger partial charge in [-0.2, -0.15) is 13.2 Å². The lowest BCUT2D eigenvalue weighted by Gasteiger charge is -2.37. The van der Waals surface area contributed by atoms with Crippen molar-refractivity contribution in [1.82, 2.24) is 14.9 Å². The highest BCUT2D eigenvalue weighted by molar-refractivity contribution is 6.31. The number of hydrogen-bond acceptors (Lipinski definition) is 4. The van der Waals surface area contributed by atoms with Crippen LogP contribution in [0.2, 0.25) is 5.02 Å². The summed E-state index contributed by atoms with van der Waals surface area (Å²) in [7, 11) is 0. The van der Waals surface area contributed by atoms with Crippen LogP contribution in [0.4, 0.5) is 29.5 Å². The molecule has 2 amide bonds. The molecule has 4 N–H and O–H groups in total. The monoisotopic (exact) mass is 437 g/mol. The molecule has 0 unspecified atom stereocenters. The quantitative estimate of drug-likeness (QED) is 0.629. The Hall–Kier alpha value is -3.19. The van der Waals surface area contributed by atoms with E-state index in [9.17, 15) is 22.8 Å². The number of carbonyl (C=O) groups is 1. The summed E-state index contributed by atoms with van der Waals surface area (Å²) in [5.41, 5.74) is 1.97. The number of nitrogens with zero attached hydrogens (tertiary/aromatic N) is 2. The van der Waals surface area contributed by atoms with E-state index in [0.717, 1.165) is 18.9 Å². The topological polar surface area (TPSA) is 102 Å². The van der Waals surface area contributed by atoms with E-state index in [4.69, 9.17) is 17.3 Å². The summed E-state index contributed by atoms with van der Waals surface area (Å²) in [6.07, 6.45) is -0.748. The first kappa shape index (κ1) is 20.1. The van der Waals surface area contributed by atoms with Crippen molar-refractivity contribution in [2.75, 3.05) is 11.1 Å². The van der Waals surface area contributed by atoms with Gasteiger partial charge in [-0.05, 0) is 30.5 Å². The molecule has 0 radical (unpaired) electrons. The standard InChI is InChI=1S/C19H15ClF3N5O2/c20-13-8-12-14(7-11(13)9-28-6-5-25-15(24)16(28)29)26-17(30)27-18(12,19(21,22)23)4-3-10-1-2-10/h5-8,10H,1-2,9H2,(H2,24,25)(H2,26,27,30)/t18-/m0/s1. The van der Waals surface area contributed by atoms with Gasteiger partial charge in [0.25, 0.3) is 5.56 Å². The number of rotatable bonds is 2. The number of alkyl halides is 3. The molecule has 1 saturated carbocycles. The normalized spacial score (nSPS) is 20.5. The minimum atomic E-state index is -4.89. The SMILES string of the molecule is Nc1nccn(Cc2cc3c(cc2Cl)[C@@](C#CC2CC2)(C(F)(F)F)NC(=O)N3)c1=O. The zero-order valence-corrected chi connectivity index (χ0v) is 16.1. The van der Waals surface area contributed by atoms with E-state index >= 15 is 0 Å². The molecule has 11 heteroatoms. The summed E-state index contributed by atoms with van der Waals surface area (Å²) in [5.74, 6) is 4.51. The molecule has 2 heterocycles. The Morgan fingerprint density at radius 2 is 2.07 bits per heavy atom. The summed E-state index contributed by atoms with van der Waals surface area (Å²) in [6.45, 7) is -0.0757. The average Bonchev–Trinajstić information content (AvgIpc) is 3.48. The van der Waals surface area contributed by atoms with Crippen molar-refractivity contribution in [3.05, 3.63) is 51.0 Å². The van der Waals surface area contributed by atoms with E-state index in [1.165, 1.54) is 23.0 Å². The van der Waals surface area contributed by atoms with Crippen LogP contribution in [0.1, 0.15) is 24.0 Å². The smallest absolute Gasteiger partial charge is 0.379 e. The van der Waals surface area contributed by atoms with Crippen LogP contribution in [0, 0.1) is 17.8 Å². The van der Waals surface area contributed by atoms with Gasteiger partial charge >= 0.3 is 12.2 Å². The van der Waals surface area contributed by atoms with Crippen LogP contribution in [-0.4, -0.2) is 21.8 Å². The zero-order valence-electron chi connectivity index (χ0n) is 15.3. The molecule has 1 aliphatic carbocycles. The Balaban J connectivity index is 1.84. The second kappa shape index (κ2) is 6.95. The van der Waals surface area contributed by atoms with Gasteiger partial charge in [-0.1, -0.05) is 23.4 Å². The van der Waals surface area contributed by atoms with Gasteiger partial charge in [0.05, 0.1) is 6.54 Å². The molecule has 1 aromatic carbocycles. The lowest BCUT2D eigenvalue weighted by Crippen LogP contribution is -2.59. The number of anilines is 2. The van der Waals surface area contributed by atoms with Gasteiger partial charge in [-0.15, -0.1) is 0 Å². The highest BCUT2D eigenvalue weighted by Gasteiger charge is 2.59. The van der Waals surface area contributed by atoms with Gasteiger partial charge < -0.3 is 20.9 Å². The van der Waals surface area contributed by atoms with Crippen LogP contribution in [0.3, 0.4) is 0 Å². The van der Waals surface area contributed by atoms with E-state index in [2.05, 4.69) is 22.1 Å². The number of halogens is 4. The maximum atomic E-state index is 14.1. The summed E-state index contributed by atoms with van der Waals surface area (Å²) >= 11 is 6.27. The fourth-order valence-electron chi connectivity index (χ4n) is 3.15. The van der Waals surface area contributed by atoms with Crippen molar-refractivity contribution in [3.8, 4) is 11.8 Å². The molecule has 0 spiro atoms. The number of amides is 2. The minimum Gasteiger partial charge on any atom is -0.379 e. The third kappa shape index (κ3) is 3.45. The molecule has 1 aliphatic heterocycles. The first-order chi connectivity index (χ1) is 14.1. The first-order valence-corrected chi connectivity index (χ1v) is 9.31. The molecule has 2 aliphatic rings. The lowest BCUT2D eigenvalue weighted by atomic mass is 9.85. The highest BCUT2D eigenvalue weighted by atomic mass is 35.5. The van der Waals surface area contributed by atoms with Crippen molar-refractivity contribution in [3.63, 3.8) is 0 Å². The molecule has 7 nitrogen and oxygen atoms in total. The Labute approximate surface area is 173 Å². The van der Waals surface area contributed by atoms with Crippen molar-refractivity contribution < 1.29 is 18.0 Å². The van der Waals surface area contributed by atoms with E-state index in [1.54, 1.807) is 0 Å². The second-order valence-electron chi connectivity index (χ2n) is 7.11. The lowest BCUT2D eigenvalue weighted by molar-refractivity contribution is -0.178. The number of nitrogens with one attached hydrogen (secondary N) is 2. The number of nitrogens with two attached hydrogens (primary N) is 1. The zero-order chi connectivity index (χ0) is 21.7. The predicted octanol–water partition coefficient (Wildman–Crippen LogP) is 2.83. The Morgan fingerprint density at radius 3 is 2.73 bits per heavy atom. The van der Waals surface area contributed by atoms with Crippen LogP contribution in [0.15, 0.2) is 29.3 Å². The Kier molecular flexibility index (Phi) is 4.66. The van der Waals surface area contributed by atoms with E-state index in [0.29, 0.717) is 5.56 Å². The highest BCUT2D eigenvalue weighted by Crippen LogP contribution is 2.45. The van der Waals surface area contributed by atoms with Crippen molar-refractivity contribution in [1.29, 1.82) is 0 Å². The number of hydrogen-bond donors (Lipinski definition) is 3. The summed E-state index contributed by atoms with van der Waals surface area (Å²) < 4.78 is 43.6. The van der Waals surface area contributed by atoms with E-state index in [1.807, 2.05) is 5.32 Å². The number of urea groups is 1. The fourth-order valence-corrected chi connectivity index (χ4v) is 3.37. The third-order valence-corrected chi connectivity index (χ3v) is 5.24. The Bertz CT molecular complexity index is 1160. The molecule has 156 valence electrons. The molecular formula is C19H15ClF3N5O2. The number of benzene rings is 1. The molecule has 1 fully saturated rings. The van der Waals surface area contributed by atoms with Crippen LogP contribution in [0.25, 0.3) is 0 Å². The molecule has 2 aromatic rings. The third-order valence-electron chi connectivity index (χ3n) is 4.89. The number of aromatic nitrogens is 2. The Morgan fingerprint density at radius 1 is 1.33 bits per heavy atom. The minimum absolute atomic E-state index is 0.0178. The molecule has 1 atom stereocenters. The summed E-state index contributed by atoms with van der Waals surface area (Å²) in [6, 6.07) is 1.38. The average molecular weight is 438 g/mol. The first-order valence-electron chi connectivity index (χ1n) is 8.93. The van der Waals surface area contributed by atoms with Gasteiger partial charge in [-0.25, -0.2) is 9.78 Å². The number of nitrogen functional groups attached to an aromatic ring is 1. The van der Waals surface area contributed by atoms with Gasteiger partial charge in [0.15, 0.2) is 5.82 Å². The van der Waals surface area contributed by atoms with Gasteiger partial charge in [0.1, 0.15) is 0 Å². The van der Waals surface area contributed by atoms with Crippen LogP contribution >= 0.6 is 11.6 Å². The summed E-state index contributed by atoms with van der Waals surface area (Å²) in [4.78, 5) is 27.9. The van der Waals surface area contributed by atoms with Gasteiger partial charge in [0.2, 0.25) is 5.54 Å². The second-order valence-corrected chi connectivity index (χ2v) is 7.51. The molecule has 0 bridgehead atoms. The predicted molar refractivity (Wildman–Crippen MR) is 104 cm³/mol. The largest absolute Gasteiger partial charge is 0.427 e. The molecular weight excluding hydrogens is 423 g/mol. The molecule has 1 aromatic heterocycles. The van der Waals surface area contributed by atoms with Crippen molar-refractivity contribution in [2.24, 2.45) is 5.92 Å². The maximum Gasteiger partial charge on any atom is 0.427 e. The van der Waals surface area contributed by atoms with E-state index < -0.39 is 23.3 Å². The van der Waals surface area contributed by atoms with E-state index in [-0.39, 0.29) is 34.6 Å². The molecule has 0 saturated heterocycles. The van der Waals surface area contributed by atoms with Gasteiger partial charge in [0, 0.05) is 34.6 Å². The number of fused-ring (bicyclic) bond motifs is 1. The molecule has 30 heavy (non-hydrogen) atoms. The fraction of sp³-hybridized carbons (Fsp3) is 0.316. The van der Waals surface area contributed by atoms with Gasteiger partial charge in [-0.3, -0.25) is 4.79 Å². The summed E-state index contributed by atoms with van der Waals surface area (Å²) in [5, 5.41) is 4.29. The van der Waals surface area contributed by atoms with Crippen LogP contribution in [-0.2, 0) is 12.1 Å². The van der Waals surface area contributed by atoms with Crippen LogP contribution < -0.4 is 21.9 Å². The maximum absolute atomic E-state index is 14.1. The van der Waals surface area contributed by atoms with Crippen molar-refractivity contribution >= 4 is 29.1 Å². The van der Waals surface area contributed by atoms with Crippen molar-refractivity contribution in [2.45, 2.75) is 31.1 Å². The molecule has 4 rings (SSSR count). The number of carbonyl (C=O) groups excluding carboxylic acids is 1. The van der Waals surface area contributed by atoms with Crippen LogP contribution in [0.5, 0.6) is 0 Å².